The molecule has 8 heteroatoms. The molecule has 0 saturated carbocycles. The van der Waals surface area contributed by atoms with Crippen molar-refractivity contribution in [3.63, 3.8) is 0 Å². The van der Waals surface area contributed by atoms with Gasteiger partial charge in [0, 0.05) is 39.3 Å². The summed E-state index contributed by atoms with van der Waals surface area (Å²) in [6.45, 7) is 3.82. The maximum atomic E-state index is 12.7. The molecule has 0 radical (unpaired) electrons. The number of nitrogens with zero attached hydrogens (tertiary/aromatic N) is 2. The normalized spacial score (nSPS) is 22.7. The maximum Gasteiger partial charge on any atom is 0.243 e. The van der Waals surface area contributed by atoms with Crippen LogP contribution < -0.4 is 5.32 Å². The molecule has 1 aromatic rings. The molecular formula is C16H24ClN3O3S. The number of piperazine rings is 1. The largest absolute Gasteiger partial charge is 0.340 e. The van der Waals surface area contributed by atoms with E-state index in [1.807, 2.05) is 4.90 Å². The van der Waals surface area contributed by atoms with Crippen LogP contribution in [0.15, 0.2) is 35.2 Å². The molecule has 0 bridgehead atoms. The fraction of sp³-hybridized carbons (Fsp3) is 0.562. The van der Waals surface area contributed by atoms with Crippen LogP contribution in [0.1, 0.15) is 12.8 Å². The average Bonchev–Trinajstić information content (AvgIpc) is 2.62. The fourth-order valence-corrected chi connectivity index (χ4v) is 4.79. The zero-order valence-electron chi connectivity index (χ0n) is 13.6. The summed E-state index contributed by atoms with van der Waals surface area (Å²) in [4.78, 5) is 14.8. The number of amides is 1. The number of piperidine rings is 1. The van der Waals surface area contributed by atoms with Crippen LogP contribution in [0.25, 0.3) is 0 Å². The third-order valence-electron chi connectivity index (χ3n) is 4.54. The van der Waals surface area contributed by atoms with Gasteiger partial charge in [0.1, 0.15) is 0 Å². The summed E-state index contributed by atoms with van der Waals surface area (Å²) >= 11 is 0. The Balaban J connectivity index is 0.00000208. The van der Waals surface area contributed by atoms with Crippen LogP contribution in [0, 0.1) is 5.92 Å². The van der Waals surface area contributed by atoms with Crippen molar-refractivity contribution in [1.82, 2.24) is 14.5 Å². The number of hydrogen-bond acceptors (Lipinski definition) is 4. The molecule has 0 aromatic heterocycles. The number of rotatable bonds is 3. The SMILES string of the molecule is Cl.O=C(C1CCCN(S(=O)(=O)c2ccccc2)C1)N1CCNCC1. The minimum absolute atomic E-state index is 0. The van der Waals surface area contributed by atoms with E-state index in [2.05, 4.69) is 5.32 Å². The number of hydrogen-bond donors (Lipinski definition) is 1. The van der Waals surface area contributed by atoms with Gasteiger partial charge in [0.2, 0.25) is 15.9 Å². The number of carbonyl (C=O) groups excluding carboxylic acids is 1. The summed E-state index contributed by atoms with van der Waals surface area (Å²) in [5, 5.41) is 3.23. The molecule has 2 heterocycles. The first kappa shape index (κ1) is 19.2. The Bertz CT molecular complexity index is 648. The number of carbonyl (C=O) groups is 1. The van der Waals surface area contributed by atoms with Crippen molar-refractivity contribution < 1.29 is 13.2 Å². The Morgan fingerprint density at radius 3 is 2.42 bits per heavy atom. The van der Waals surface area contributed by atoms with E-state index in [4.69, 9.17) is 0 Å². The van der Waals surface area contributed by atoms with Crippen molar-refractivity contribution in [2.45, 2.75) is 17.7 Å². The van der Waals surface area contributed by atoms with Crippen LogP contribution in [0.4, 0.5) is 0 Å². The van der Waals surface area contributed by atoms with Gasteiger partial charge in [0.15, 0.2) is 0 Å². The molecule has 134 valence electrons. The number of sulfonamides is 1. The first-order chi connectivity index (χ1) is 11.1. The van der Waals surface area contributed by atoms with Crippen molar-refractivity contribution in [1.29, 1.82) is 0 Å². The van der Waals surface area contributed by atoms with Crippen LogP contribution in [0.2, 0.25) is 0 Å². The van der Waals surface area contributed by atoms with Crippen molar-refractivity contribution >= 4 is 28.3 Å². The second-order valence-corrected chi connectivity index (χ2v) is 8.03. The minimum atomic E-state index is -3.51. The topological polar surface area (TPSA) is 69.7 Å². The molecule has 1 N–H and O–H groups in total. The van der Waals surface area contributed by atoms with Gasteiger partial charge in [0.25, 0.3) is 0 Å². The molecule has 6 nitrogen and oxygen atoms in total. The quantitative estimate of drug-likeness (QED) is 0.856. The van der Waals surface area contributed by atoms with E-state index in [0.29, 0.717) is 31.1 Å². The van der Waals surface area contributed by atoms with Gasteiger partial charge in [0.05, 0.1) is 10.8 Å². The van der Waals surface area contributed by atoms with Crippen molar-refractivity contribution in [2.24, 2.45) is 5.92 Å². The molecule has 1 unspecified atom stereocenters. The Morgan fingerprint density at radius 2 is 1.75 bits per heavy atom. The highest BCUT2D eigenvalue weighted by Gasteiger charge is 2.35. The smallest absolute Gasteiger partial charge is 0.243 e. The highest BCUT2D eigenvalue weighted by atomic mass is 35.5. The fourth-order valence-electron chi connectivity index (χ4n) is 3.25. The van der Waals surface area contributed by atoms with Crippen molar-refractivity contribution in [2.75, 3.05) is 39.3 Å². The molecule has 1 aromatic carbocycles. The van der Waals surface area contributed by atoms with E-state index in [0.717, 1.165) is 25.9 Å². The molecule has 1 amide bonds. The first-order valence-corrected chi connectivity index (χ1v) is 9.58. The predicted octanol–water partition coefficient (Wildman–Crippen LogP) is 0.941. The average molecular weight is 374 g/mol. The summed E-state index contributed by atoms with van der Waals surface area (Å²) in [5.74, 6) is -0.125. The Morgan fingerprint density at radius 1 is 1.08 bits per heavy atom. The molecule has 24 heavy (non-hydrogen) atoms. The van der Waals surface area contributed by atoms with Gasteiger partial charge in [-0.1, -0.05) is 18.2 Å². The number of benzene rings is 1. The lowest BCUT2D eigenvalue weighted by atomic mass is 9.98. The monoisotopic (exact) mass is 373 g/mol. The van der Waals surface area contributed by atoms with Gasteiger partial charge in [-0.3, -0.25) is 4.79 Å². The first-order valence-electron chi connectivity index (χ1n) is 8.14. The summed E-state index contributed by atoms with van der Waals surface area (Å²) < 4.78 is 26.9. The second-order valence-electron chi connectivity index (χ2n) is 6.09. The summed E-state index contributed by atoms with van der Waals surface area (Å²) in [5.41, 5.74) is 0. The Labute approximate surface area is 149 Å². The lowest BCUT2D eigenvalue weighted by Gasteiger charge is -2.35. The van der Waals surface area contributed by atoms with E-state index in [9.17, 15) is 13.2 Å². The van der Waals surface area contributed by atoms with Gasteiger partial charge >= 0.3 is 0 Å². The van der Waals surface area contributed by atoms with Crippen molar-refractivity contribution in [3.8, 4) is 0 Å². The van der Waals surface area contributed by atoms with Crippen LogP contribution in [0.3, 0.4) is 0 Å². The Kier molecular flexibility index (Phi) is 6.62. The van der Waals surface area contributed by atoms with Crippen LogP contribution in [-0.2, 0) is 14.8 Å². The molecule has 1 atom stereocenters. The van der Waals surface area contributed by atoms with Crippen LogP contribution in [0.5, 0.6) is 0 Å². The minimum Gasteiger partial charge on any atom is -0.340 e. The summed E-state index contributed by atoms with van der Waals surface area (Å²) in [7, 11) is -3.51. The van der Waals surface area contributed by atoms with E-state index < -0.39 is 10.0 Å². The van der Waals surface area contributed by atoms with Crippen LogP contribution >= 0.6 is 12.4 Å². The Hall–Kier alpha value is -1.15. The molecule has 3 rings (SSSR count). The molecular weight excluding hydrogens is 350 g/mol. The standard InChI is InChI=1S/C16H23N3O3S.ClH/c20-16(18-11-8-17-9-12-18)14-5-4-10-19(13-14)23(21,22)15-6-2-1-3-7-15;/h1-3,6-7,14,17H,4-5,8-13H2;1H. The predicted molar refractivity (Wildman–Crippen MR) is 94.6 cm³/mol. The maximum absolute atomic E-state index is 12.7. The second kappa shape index (κ2) is 8.29. The molecule has 2 aliphatic heterocycles. The summed E-state index contributed by atoms with van der Waals surface area (Å²) in [6, 6.07) is 8.46. The zero-order valence-corrected chi connectivity index (χ0v) is 15.2. The third-order valence-corrected chi connectivity index (χ3v) is 6.42. The summed E-state index contributed by atoms with van der Waals surface area (Å²) in [6.07, 6.45) is 1.50. The van der Waals surface area contributed by atoms with Gasteiger partial charge < -0.3 is 10.2 Å². The molecule has 0 spiro atoms. The number of nitrogens with one attached hydrogen (secondary N) is 1. The zero-order chi connectivity index (χ0) is 16.3. The molecule has 2 fully saturated rings. The van der Waals surface area contributed by atoms with Gasteiger partial charge in [-0.15, -0.1) is 12.4 Å². The van der Waals surface area contributed by atoms with Gasteiger partial charge in [-0.25, -0.2) is 8.42 Å². The van der Waals surface area contributed by atoms with E-state index >= 15 is 0 Å². The van der Waals surface area contributed by atoms with E-state index in [1.54, 1.807) is 30.3 Å². The molecule has 0 aliphatic carbocycles. The highest BCUT2D eigenvalue weighted by molar-refractivity contribution is 7.89. The lowest BCUT2D eigenvalue weighted by Crippen LogP contribution is -2.51. The van der Waals surface area contributed by atoms with Crippen LogP contribution in [-0.4, -0.2) is 62.8 Å². The number of halogens is 1. The van der Waals surface area contributed by atoms with Crippen molar-refractivity contribution in [3.05, 3.63) is 30.3 Å². The van der Waals surface area contributed by atoms with Gasteiger partial charge in [-0.2, -0.15) is 4.31 Å². The van der Waals surface area contributed by atoms with E-state index in [-0.39, 0.29) is 24.2 Å². The lowest BCUT2D eigenvalue weighted by molar-refractivity contribution is -0.137. The third kappa shape index (κ3) is 4.08. The highest BCUT2D eigenvalue weighted by Crippen LogP contribution is 2.25. The van der Waals surface area contributed by atoms with Gasteiger partial charge in [-0.05, 0) is 25.0 Å². The van der Waals surface area contributed by atoms with E-state index in [1.165, 1.54) is 4.31 Å². The molecule has 2 saturated heterocycles. The molecule has 2 aliphatic rings.